The quantitative estimate of drug-likeness (QED) is 0.500. The molecule has 188 valence electrons. The van der Waals surface area contributed by atoms with Crippen LogP contribution in [0.1, 0.15) is 36.0 Å². The van der Waals surface area contributed by atoms with Crippen LogP contribution in [0.4, 0.5) is 0 Å². The van der Waals surface area contributed by atoms with Crippen molar-refractivity contribution in [1.29, 1.82) is 0 Å². The van der Waals surface area contributed by atoms with Crippen molar-refractivity contribution in [3.05, 3.63) is 77.9 Å². The maximum Gasteiger partial charge on any atom is 0.246 e. The van der Waals surface area contributed by atoms with Gasteiger partial charge in [-0.05, 0) is 55.5 Å². The molecule has 4 aliphatic rings. The second kappa shape index (κ2) is 8.49. The lowest BCUT2D eigenvalue weighted by Crippen LogP contribution is -2.78. The van der Waals surface area contributed by atoms with Gasteiger partial charge in [0.1, 0.15) is 6.10 Å². The van der Waals surface area contributed by atoms with E-state index in [1.54, 1.807) is 13.2 Å². The Morgan fingerprint density at radius 1 is 1.28 bits per heavy atom. The third-order valence-corrected chi connectivity index (χ3v) is 9.17. The molecular weight excluding hydrogens is 452 g/mol. The number of likely N-dealkylation sites (N-methyl/N-ethyl adjacent to an activating group) is 1. The first-order valence-corrected chi connectivity index (χ1v) is 12.9. The molecule has 2 bridgehead atoms. The van der Waals surface area contributed by atoms with Crippen LogP contribution < -0.4 is 9.47 Å². The number of hydrogen-bond acceptors (Lipinski definition) is 5. The van der Waals surface area contributed by atoms with Gasteiger partial charge in [0.25, 0.3) is 0 Å². The van der Waals surface area contributed by atoms with E-state index in [0.717, 1.165) is 42.8 Å². The van der Waals surface area contributed by atoms with Gasteiger partial charge in [-0.15, -0.1) is 6.58 Å². The molecule has 2 aliphatic carbocycles. The van der Waals surface area contributed by atoms with Gasteiger partial charge in [0.05, 0.1) is 24.2 Å². The topological polar surface area (TPSA) is 62.2 Å². The van der Waals surface area contributed by atoms with E-state index in [1.165, 1.54) is 5.56 Å². The van der Waals surface area contributed by atoms with E-state index in [1.807, 2.05) is 60.5 Å². The van der Waals surface area contributed by atoms with Crippen molar-refractivity contribution in [1.82, 2.24) is 9.80 Å². The van der Waals surface area contributed by atoms with E-state index >= 15 is 0 Å². The first kappa shape index (κ1) is 23.3. The summed E-state index contributed by atoms with van der Waals surface area (Å²) in [5, 5.41) is 12.5. The van der Waals surface area contributed by atoms with Gasteiger partial charge >= 0.3 is 0 Å². The fraction of sp³-hybridized carbons (Fsp3) is 0.433. The summed E-state index contributed by atoms with van der Waals surface area (Å²) < 4.78 is 12.5. The molecule has 36 heavy (non-hydrogen) atoms. The predicted octanol–water partition coefficient (Wildman–Crippen LogP) is 3.58. The summed E-state index contributed by atoms with van der Waals surface area (Å²) >= 11 is 0. The largest absolute Gasteiger partial charge is 0.493 e. The fourth-order valence-electron chi connectivity index (χ4n) is 7.55. The number of carbonyl (C=O) groups excluding carboxylic acids is 1. The molecule has 2 aromatic rings. The molecule has 2 fully saturated rings. The molecule has 2 aromatic carbocycles. The first-order chi connectivity index (χ1) is 17.4. The highest BCUT2D eigenvalue weighted by Crippen LogP contribution is 2.65. The highest BCUT2D eigenvalue weighted by molar-refractivity contribution is 5.92. The van der Waals surface area contributed by atoms with Crippen LogP contribution in [0.15, 0.2) is 61.2 Å². The van der Waals surface area contributed by atoms with Crippen LogP contribution in [-0.2, 0) is 16.6 Å². The Hall–Kier alpha value is -3.09. The molecule has 6 rings (SSSR count). The van der Waals surface area contributed by atoms with Crippen LogP contribution in [-0.4, -0.2) is 71.8 Å². The fourth-order valence-corrected chi connectivity index (χ4v) is 7.55. The lowest BCUT2D eigenvalue weighted by molar-refractivity contribution is -0.198. The molecule has 1 saturated carbocycles. The normalized spacial score (nSPS) is 32.0. The van der Waals surface area contributed by atoms with Gasteiger partial charge in [-0.1, -0.05) is 42.5 Å². The minimum absolute atomic E-state index is 0.0119. The molecule has 1 amide bonds. The van der Waals surface area contributed by atoms with E-state index in [4.69, 9.17) is 9.47 Å². The van der Waals surface area contributed by atoms with Gasteiger partial charge in [-0.3, -0.25) is 9.69 Å². The summed E-state index contributed by atoms with van der Waals surface area (Å²) in [4.78, 5) is 17.5. The molecule has 0 unspecified atom stereocenters. The Morgan fingerprint density at radius 2 is 2.08 bits per heavy atom. The van der Waals surface area contributed by atoms with Gasteiger partial charge in [-0.2, -0.15) is 0 Å². The Labute approximate surface area is 212 Å². The van der Waals surface area contributed by atoms with Crippen molar-refractivity contribution >= 4 is 12.0 Å². The van der Waals surface area contributed by atoms with E-state index in [2.05, 4.69) is 17.5 Å². The van der Waals surface area contributed by atoms with Crippen LogP contribution in [0.3, 0.4) is 0 Å². The predicted molar refractivity (Wildman–Crippen MR) is 139 cm³/mol. The smallest absolute Gasteiger partial charge is 0.246 e. The number of methoxy groups -OCH3 is 1. The lowest BCUT2D eigenvalue weighted by atomic mass is 9.48. The van der Waals surface area contributed by atoms with E-state index in [9.17, 15) is 9.90 Å². The highest BCUT2D eigenvalue weighted by Gasteiger charge is 2.73. The number of piperidine rings is 1. The zero-order valence-corrected chi connectivity index (χ0v) is 21.0. The van der Waals surface area contributed by atoms with Gasteiger partial charge in [-0.25, -0.2) is 0 Å². The monoisotopic (exact) mass is 486 g/mol. The number of hydrogen-bond donors (Lipinski definition) is 1. The third-order valence-electron chi connectivity index (χ3n) is 9.17. The zero-order valence-electron chi connectivity index (χ0n) is 21.0. The summed E-state index contributed by atoms with van der Waals surface area (Å²) in [7, 11) is 3.52. The average molecular weight is 487 g/mol. The minimum atomic E-state index is -0.941. The van der Waals surface area contributed by atoms with Crippen molar-refractivity contribution in [3.63, 3.8) is 0 Å². The number of ether oxygens (including phenoxy) is 2. The van der Waals surface area contributed by atoms with Crippen LogP contribution in [0.25, 0.3) is 6.08 Å². The molecule has 5 atom stereocenters. The average Bonchev–Trinajstić information content (AvgIpc) is 3.24. The van der Waals surface area contributed by atoms with Crippen molar-refractivity contribution in [2.24, 2.45) is 0 Å². The Kier molecular flexibility index (Phi) is 5.50. The summed E-state index contributed by atoms with van der Waals surface area (Å²) in [5.74, 6) is 1.39. The number of nitrogens with zero attached hydrogens (tertiary/aromatic N) is 2. The molecule has 2 heterocycles. The van der Waals surface area contributed by atoms with Crippen molar-refractivity contribution in [2.75, 3.05) is 27.2 Å². The summed E-state index contributed by atoms with van der Waals surface area (Å²) in [6.07, 6.45) is 7.91. The molecule has 6 heteroatoms. The molecule has 1 spiro atoms. The minimum Gasteiger partial charge on any atom is -0.493 e. The van der Waals surface area contributed by atoms with Gasteiger partial charge in [0, 0.05) is 31.3 Å². The zero-order chi connectivity index (χ0) is 25.1. The number of likely N-dealkylation sites (tertiary alicyclic amines) is 1. The van der Waals surface area contributed by atoms with Crippen LogP contribution in [0.5, 0.6) is 11.5 Å². The summed E-state index contributed by atoms with van der Waals surface area (Å²) in [5.41, 5.74) is 1.79. The van der Waals surface area contributed by atoms with Crippen LogP contribution in [0.2, 0.25) is 0 Å². The molecule has 2 aliphatic heterocycles. The Morgan fingerprint density at radius 3 is 2.83 bits per heavy atom. The second-order valence-electron chi connectivity index (χ2n) is 10.6. The number of carbonyl (C=O) groups is 1. The van der Waals surface area contributed by atoms with Gasteiger partial charge in [0.2, 0.25) is 5.91 Å². The van der Waals surface area contributed by atoms with Gasteiger partial charge < -0.3 is 19.5 Å². The van der Waals surface area contributed by atoms with E-state index in [0.29, 0.717) is 18.6 Å². The van der Waals surface area contributed by atoms with Crippen LogP contribution >= 0.6 is 0 Å². The maximum absolute atomic E-state index is 13.3. The van der Waals surface area contributed by atoms with Crippen molar-refractivity contribution < 1.29 is 19.4 Å². The SMILES string of the molecule is C=CCN1CC[C@]23c4c5ccc(OC)c4O[C@H]2[C@H](N(C)C(=O)C=Cc2ccccc2)CC[C@@]3(O)[C@H]1C5. The number of aliphatic hydroxyl groups is 1. The molecular formula is C30H34N2O4. The molecule has 1 N–H and O–H groups in total. The molecule has 6 nitrogen and oxygen atoms in total. The third kappa shape index (κ3) is 3.07. The Balaban J connectivity index is 1.41. The van der Waals surface area contributed by atoms with Gasteiger partial charge in [0.15, 0.2) is 11.5 Å². The molecule has 1 saturated heterocycles. The summed E-state index contributed by atoms with van der Waals surface area (Å²) in [6.45, 7) is 5.56. The summed E-state index contributed by atoms with van der Waals surface area (Å²) in [6, 6.07) is 13.8. The Bertz CT molecular complexity index is 1230. The van der Waals surface area contributed by atoms with Crippen LogP contribution in [0, 0.1) is 0 Å². The molecule has 0 radical (unpaired) electrons. The standard InChI is InChI=1S/C30H34N2O4/c1-4-17-32-18-16-29-26-21-11-12-23(35-3)27(26)36-28(29)22(14-15-30(29,34)24(32)19-21)31(2)25(33)13-10-20-8-6-5-7-9-20/h4-13,22,24,28,34H,1,14-19H2,2-3H3/t22-,24-,28+,29+,30-/m1/s1. The lowest BCUT2D eigenvalue weighted by Gasteiger charge is -2.64. The molecule has 0 aromatic heterocycles. The second-order valence-corrected chi connectivity index (χ2v) is 10.6. The number of amides is 1. The van der Waals surface area contributed by atoms with E-state index in [-0.39, 0.29) is 24.1 Å². The highest BCUT2D eigenvalue weighted by atomic mass is 16.5. The van der Waals surface area contributed by atoms with E-state index < -0.39 is 11.0 Å². The number of benzene rings is 2. The first-order valence-electron chi connectivity index (χ1n) is 12.9. The maximum atomic E-state index is 13.3. The number of rotatable bonds is 6. The van der Waals surface area contributed by atoms with Crippen molar-refractivity contribution in [2.45, 2.75) is 54.9 Å². The van der Waals surface area contributed by atoms with Crippen molar-refractivity contribution in [3.8, 4) is 11.5 Å².